The number of aryl methyl sites for hydroxylation is 2. The summed E-state index contributed by atoms with van der Waals surface area (Å²) in [5, 5.41) is 2.76. The van der Waals surface area contributed by atoms with E-state index in [-0.39, 0.29) is 61.5 Å². The number of nitrogens with zero attached hydrogens (tertiary/aromatic N) is 2. The van der Waals surface area contributed by atoms with Gasteiger partial charge in [0.1, 0.15) is 18.2 Å². The summed E-state index contributed by atoms with van der Waals surface area (Å²) < 4.78 is 18.0. The standard InChI is InChI=1S/C54H81N3O10.2C2H6/c1-17-45(50(60)55-38(11)40(13)58)56(15)39(12)48(29-42-23-21-35(8)22-24-42)66-53(63)44(26-33(4)5)31-47(59)41(14)65-54(64)46(27-34(6)7)57(16)51(61)49(30-43-20-18-19-36(9)28-43)67-52(62)37(10)25-32(2)3;2*1-2/h18-24,28,32-34,37-38,41,44-46,48-49H,12,17,25-27,29-31H2,1-11,13-16H3,(H,55,60);2*1-2H3/t37-,38+,41+,44?,45-,46?,48+,49+;;/m0../s1. The van der Waals surface area contributed by atoms with E-state index in [1.165, 1.54) is 25.8 Å². The van der Waals surface area contributed by atoms with Gasteiger partial charge in [-0.25, -0.2) is 4.79 Å². The first-order chi connectivity index (χ1) is 33.2. The van der Waals surface area contributed by atoms with Gasteiger partial charge in [0, 0.05) is 39.1 Å². The van der Waals surface area contributed by atoms with Crippen LogP contribution in [0.25, 0.3) is 0 Å². The lowest BCUT2D eigenvalue weighted by molar-refractivity contribution is -0.169. The maximum atomic E-state index is 14.3. The molecule has 13 nitrogen and oxygen atoms in total. The summed E-state index contributed by atoms with van der Waals surface area (Å²) in [6.07, 6.45) is -1.94. The van der Waals surface area contributed by atoms with E-state index in [1.54, 1.807) is 25.8 Å². The molecule has 2 rings (SSSR count). The van der Waals surface area contributed by atoms with Gasteiger partial charge in [-0.3, -0.25) is 28.8 Å². The van der Waals surface area contributed by atoms with Gasteiger partial charge in [0.2, 0.25) is 5.91 Å². The molecule has 2 aromatic carbocycles. The van der Waals surface area contributed by atoms with E-state index in [2.05, 4.69) is 11.9 Å². The second-order valence-corrected chi connectivity index (χ2v) is 19.8. The Morgan fingerprint density at radius 3 is 1.66 bits per heavy atom. The molecule has 0 bridgehead atoms. The molecule has 0 aliphatic rings. The highest BCUT2D eigenvalue weighted by molar-refractivity contribution is 5.92. The topological polar surface area (TPSA) is 166 Å². The van der Waals surface area contributed by atoms with E-state index in [0.717, 1.165) is 22.3 Å². The largest absolute Gasteiger partial charge is 0.455 e. The third-order valence-corrected chi connectivity index (χ3v) is 12.1. The zero-order valence-corrected chi connectivity index (χ0v) is 47.1. The number of carbonyl (C=O) groups excluding carboxylic acids is 7. The van der Waals surface area contributed by atoms with Gasteiger partial charge in [0.15, 0.2) is 23.8 Å². The first kappa shape index (κ1) is 65.7. The molecular formula is C58H93N3O10. The monoisotopic (exact) mass is 992 g/mol. The predicted molar refractivity (Wildman–Crippen MR) is 284 cm³/mol. The molecule has 0 aromatic heterocycles. The Labute approximate surface area is 428 Å². The number of amides is 2. The molecule has 0 fully saturated rings. The number of nitrogens with one attached hydrogen (secondary N) is 1. The lowest BCUT2D eigenvalue weighted by atomic mass is 9.91. The van der Waals surface area contributed by atoms with Crippen molar-refractivity contribution in [2.45, 2.75) is 199 Å². The van der Waals surface area contributed by atoms with Crippen molar-refractivity contribution in [2.75, 3.05) is 14.1 Å². The fourth-order valence-corrected chi connectivity index (χ4v) is 7.97. The van der Waals surface area contributed by atoms with Gasteiger partial charge in [-0.2, -0.15) is 0 Å². The Bertz CT molecular complexity index is 1990. The number of likely N-dealkylation sites (N-methyl/N-ethyl adjacent to an activating group) is 2. The molecule has 400 valence electrons. The first-order valence-electron chi connectivity index (χ1n) is 26.0. The maximum Gasteiger partial charge on any atom is 0.329 e. The van der Waals surface area contributed by atoms with E-state index in [4.69, 9.17) is 14.2 Å². The van der Waals surface area contributed by atoms with E-state index in [9.17, 15) is 33.6 Å². The molecule has 0 radical (unpaired) electrons. The van der Waals surface area contributed by atoms with Crippen LogP contribution < -0.4 is 5.32 Å². The fraction of sp³-hybridized carbons (Fsp3) is 0.638. The second kappa shape index (κ2) is 33.3. The summed E-state index contributed by atoms with van der Waals surface area (Å²) in [5.74, 6) is -4.81. The number of benzene rings is 2. The van der Waals surface area contributed by atoms with Crippen LogP contribution >= 0.6 is 0 Å². The molecule has 1 N–H and O–H groups in total. The minimum Gasteiger partial charge on any atom is -0.455 e. The third-order valence-electron chi connectivity index (χ3n) is 12.1. The highest BCUT2D eigenvalue weighted by atomic mass is 16.6. The molecular weight excluding hydrogens is 899 g/mol. The third kappa shape index (κ3) is 23.2. The Morgan fingerprint density at radius 1 is 0.620 bits per heavy atom. The SMILES string of the molecule is C=C([C@@H](Cc1ccc(C)cc1)OC(=O)C(CC(=O)[C@@H](C)OC(=O)C(CC(C)C)N(C)C(=O)[C@@H](Cc1cccc(C)c1)OC(=O)[C@@H](C)CC(C)C)CC(C)C)N(C)[C@@H](CC)C(=O)N[C@H](C)C(C)=O.CC.CC. The van der Waals surface area contributed by atoms with Crippen LogP contribution in [0, 0.1) is 43.4 Å². The zero-order valence-electron chi connectivity index (χ0n) is 47.1. The van der Waals surface area contributed by atoms with Crippen LogP contribution in [0.1, 0.15) is 158 Å². The van der Waals surface area contributed by atoms with Gasteiger partial charge >= 0.3 is 17.9 Å². The average molecular weight is 992 g/mol. The summed E-state index contributed by atoms with van der Waals surface area (Å²) in [5.41, 5.74) is 4.03. The molecule has 71 heavy (non-hydrogen) atoms. The van der Waals surface area contributed by atoms with Crippen molar-refractivity contribution in [2.24, 2.45) is 29.6 Å². The number of carbonyl (C=O) groups is 7. The minimum absolute atomic E-state index is 0.0219. The lowest BCUT2D eigenvalue weighted by Gasteiger charge is -2.34. The van der Waals surface area contributed by atoms with Crippen molar-refractivity contribution in [3.63, 3.8) is 0 Å². The van der Waals surface area contributed by atoms with Crippen molar-refractivity contribution in [3.8, 4) is 0 Å². The summed E-state index contributed by atoms with van der Waals surface area (Å²) in [7, 11) is 3.17. The summed E-state index contributed by atoms with van der Waals surface area (Å²) >= 11 is 0. The molecule has 2 aromatic rings. The van der Waals surface area contributed by atoms with Crippen LogP contribution in [0.15, 0.2) is 60.8 Å². The van der Waals surface area contributed by atoms with Crippen molar-refractivity contribution < 1.29 is 47.8 Å². The number of ketones is 2. The highest BCUT2D eigenvalue weighted by Gasteiger charge is 2.38. The van der Waals surface area contributed by atoms with Crippen LogP contribution in [-0.4, -0.2) is 102 Å². The van der Waals surface area contributed by atoms with Crippen LogP contribution in [0.2, 0.25) is 0 Å². The van der Waals surface area contributed by atoms with E-state index >= 15 is 0 Å². The average Bonchev–Trinajstić information content (AvgIpc) is 3.30. The van der Waals surface area contributed by atoms with Crippen molar-refractivity contribution in [1.29, 1.82) is 0 Å². The molecule has 0 aliphatic heterocycles. The number of esters is 3. The normalized spacial score (nSPS) is 14.3. The van der Waals surface area contributed by atoms with Crippen molar-refractivity contribution >= 4 is 41.3 Å². The first-order valence-corrected chi connectivity index (χ1v) is 26.0. The molecule has 0 saturated carbocycles. The molecule has 2 amide bonds. The zero-order chi connectivity index (χ0) is 54.9. The number of ether oxygens (including phenoxy) is 3. The van der Waals surface area contributed by atoms with Crippen LogP contribution in [0.4, 0.5) is 0 Å². The number of Topliss-reactive ketones (excluding diaryl/α,β-unsaturated/α-hetero) is 2. The van der Waals surface area contributed by atoms with Gasteiger partial charge < -0.3 is 29.3 Å². The summed E-state index contributed by atoms with van der Waals surface area (Å²) in [4.78, 5) is 98.2. The summed E-state index contributed by atoms with van der Waals surface area (Å²) in [6, 6.07) is 12.8. The highest BCUT2D eigenvalue weighted by Crippen LogP contribution is 2.26. The fourth-order valence-electron chi connectivity index (χ4n) is 7.97. The van der Waals surface area contributed by atoms with Gasteiger partial charge in [0.05, 0.1) is 17.9 Å². The number of hydrogen-bond donors (Lipinski definition) is 1. The maximum absolute atomic E-state index is 14.3. The Balaban J connectivity index is 0.0000119. The molecule has 13 heteroatoms. The minimum atomic E-state index is -1.28. The van der Waals surface area contributed by atoms with Crippen molar-refractivity contribution in [1.82, 2.24) is 15.1 Å². The summed E-state index contributed by atoms with van der Waals surface area (Å²) in [6.45, 7) is 35.9. The van der Waals surface area contributed by atoms with Crippen LogP contribution in [0.3, 0.4) is 0 Å². The molecule has 2 unspecified atom stereocenters. The Morgan fingerprint density at radius 2 is 1.15 bits per heavy atom. The van der Waals surface area contributed by atoms with Gasteiger partial charge in [-0.15, -0.1) is 0 Å². The molecule has 0 heterocycles. The van der Waals surface area contributed by atoms with Gasteiger partial charge in [0.25, 0.3) is 5.91 Å². The lowest BCUT2D eigenvalue weighted by Crippen LogP contribution is -2.50. The molecule has 8 atom stereocenters. The molecule has 0 aliphatic carbocycles. The van der Waals surface area contributed by atoms with E-state index in [1.807, 2.05) is 139 Å². The second-order valence-electron chi connectivity index (χ2n) is 19.8. The van der Waals surface area contributed by atoms with Gasteiger partial charge in [-0.1, -0.05) is 149 Å². The number of hydrogen-bond acceptors (Lipinski definition) is 11. The molecule has 0 saturated heterocycles. The van der Waals surface area contributed by atoms with E-state index in [0.29, 0.717) is 18.5 Å². The van der Waals surface area contributed by atoms with Crippen molar-refractivity contribution in [3.05, 3.63) is 83.1 Å². The Hall–Kier alpha value is -5.33. The number of rotatable bonds is 28. The predicted octanol–water partition coefficient (Wildman–Crippen LogP) is 10.4. The smallest absolute Gasteiger partial charge is 0.329 e. The molecule has 0 spiro atoms. The van der Waals surface area contributed by atoms with Gasteiger partial charge in [-0.05, 0) is 89.2 Å². The van der Waals surface area contributed by atoms with E-state index < -0.39 is 77.9 Å². The Kier molecular flexibility index (Phi) is 30.8. The van der Waals surface area contributed by atoms with Crippen LogP contribution in [-0.2, 0) is 60.6 Å². The van der Waals surface area contributed by atoms with Crippen LogP contribution in [0.5, 0.6) is 0 Å². The quantitative estimate of drug-likeness (QED) is 0.0637.